The largest absolute Gasteiger partial charge is 0.396 e. The minimum Gasteiger partial charge on any atom is -0.396 e. The Balaban J connectivity index is 2.07. The molecular formula is C15H20FNO2. The molecule has 2 rings (SSSR count). The molecule has 0 saturated carbocycles. The van der Waals surface area contributed by atoms with Gasteiger partial charge in [0.1, 0.15) is 0 Å². The van der Waals surface area contributed by atoms with E-state index < -0.39 is 12.1 Å². The quantitative estimate of drug-likeness (QED) is 0.887. The normalized spacial score (nSPS) is 24.8. The van der Waals surface area contributed by atoms with Gasteiger partial charge in [0, 0.05) is 19.1 Å². The molecule has 1 aromatic rings. The second-order valence-electron chi connectivity index (χ2n) is 5.10. The topological polar surface area (TPSA) is 40.5 Å². The van der Waals surface area contributed by atoms with Gasteiger partial charge in [-0.15, -0.1) is 0 Å². The number of aliphatic hydroxyl groups excluding tert-OH is 1. The number of nitrogens with zero attached hydrogens (tertiary/aromatic N) is 1. The van der Waals surface area contributed by atoms with Crippen LogP contribution in [-0.4, -0.2) is 35.2 Å². The molecule has 1 amide bonds. The van der Waals surface area contributed by atoms with Crippen LogP contribution in [0.3, 0.4) is 0 Å². The molecule has 4 heteroatoms. The van der Waals surface area contributed by atoms with Gasteiger partial charge in [0.05, 0.1) is 6.04 Å². The summed E-state index contributed by atoms with van der Waals surface area (Å²) in [7, 11) is 0. The number of rotatable bonds is 5. The van der Waals surface area contributed by atoms with Crippen molar-refractivity contribution in [1.82, 2.24) is 4.90 Å². The SMILES string of the molecule is C[C@H](c1ccccc1)N1C[C@H](CCCO)C(F)C1=O. The predicted octanol–water partition coefficient (Wildman–Crippen LogP) is 2.32. The Kier molecular flexibility index (Phi) is 4.53. The van der Waals surface area contributed by atoms with Crippen LogP contribution in [0.2, 0.25) is 0 Å². The van der Waals surface area contributed by atoms with Crippen molar-refractivity contribution in [3.63, 3.8) is 0 Å². The first kappa shape index (κ1) is 14.0. The highest BCUT2D eigenvalue weighted by Crippen LogP contribution is 2.32. The molecule has 1 saturated heterocycles. The summed E-state index contributed by atoms with van der Waals surface area (Å²) in [6.07, 6.45) is -0.314. The van der Waals surface area contributed by atoms with Crippen molar-refractivity contribution in [2.24, 2.45) is 5.92 Å². The van der Waals surface area contributed by atoms with Crippen molar-refractivity contribution in [2.75, 3.05) is 13.2 Å². The van der Waals surface area contributed by atoms with Gasteiger partial charge in [-0.25, -0.2) is 4.39 Å². The molecule has 104 valence electrons. The summed E-state index contributed by atoms with van der Waals surface area (Å²) in [6.45, 7) is 2.41. The number of hydrogen-bond acceptors (Lipinski definition) is 2. The van der Waals surface area contributed by atoms with E-state index in [2.05, 4.69) is 0 Å². The lowest BCUT2D eigenvalue weighted by Crippen LogP contribution is -2.30. The van der Waals surface area contributed by atoms with E-state index in [0.717, 1.165) is 5.56 Å². The van der Waals surface area contributed by atoms with E-state index in [1.807, 2.05) is 37.3 Å². The fourth-order valence-electron chi connectivity index (χ4n) is 2.65. The van der Waals surface area contributed by atoms with E-state index in [9.17, 15) is 9.18 Å². The van der Waals surface area contributed by atoms with Gasteiger partial charge in [0.25, 0.3) is 5.91 Å². The maximum atomic E-state index is 14.0. The minimum atomic E-state index is -1.42. The molecule has 1 fully saturated rings. The molecule has 19 heavy (non-hydrogen) atoms. The molecule has 1 heterocycles. The monoisotopic (exact) mass is 265 g/mol. The van der Waals surface area contributed by atoms with Crippen molar-refractivity contribution in [2.45, 2.75) is 32.0 Å². The molecule has 1 aliphatic heterocycles. The maximum absolute atomic E-state index is 14.0. The van der Waals surface area contributed by atoms with Crippen LogP contribution < -0.4 is 0 Å². The van der Waals surface area contributed by atoms with Gasteiger partial charge in [0.15, 0.2) is 6.17 Å². The van der Waals surface area contributed by atoms with Gasteiger partial charge < -0.3 is 10.0 Å². The number of hydrogen-bond donors (Lipinski definition) is 1. The lowest BCUT2D eigenvalue weighted by molar-refractivity contribution is -0.133. The van der Waals surface area contributed by atoms with E-state index in [4.69, 9.17) is 5.11 Å². The van der Waals surface area contributed by atoms with E-state index in [1.54, 1.807) is 4.90 Å². The van der Waals surface area contributed by atoms with Crippen LogP contribution in [0.15, 0.2) is 30.3 Å². The number of likely N-dealkylation sites (tertiary alicyclic amines) is 1. The Bertz CT molecular complexity index is 423. The molecule has 3 atom stereocenters. The highest BCUT2D eigenvalue weighted by Gasteiger charge is 2.42. The van der Waals surface area contributed by atoms with E-state index >= 15 is 0 Å². The van der Waals surface area contributed by atoms with Crippen LogP contribution >= 0.6 is 0 Å². The van der Waals surface area contributed by atoms with Gasteiger partial charge in [-0.05, 0) is 25.3 Å². The first-order valence-corrected chi connectivity index (χ1v) is 6.75. The first-order valence-electron chi connectivity index (χ1n) is 6.75. The lowest BCUT2D eigenvalue weighted by Gasteiger charge is -2.25. The van der Waals surface area contributed by atoms with E-state index in [1.165, 1.54) is 0 Å². The number of benzene rings is 1. The Hall–Kier alpha value is -1.42. The predicted molar refractivity (Wildman–Crippen MR) is 71.3 cm³/mol. The van der Waals surface area contributed by atoms with Crippen LogP contribution in [-0.2, 0) is 4.79 Å². The van der Waals surface area contributed by atoms with Gasteiger partial charge in [-0.1, -0.05) is 30.3 Å². The Morgan fingerprint density at radius 3 is 2.74 bits per heavy atom. The summed E-state index contributed by atoms with van der Waals surface area (Å²) in [5.74, 6) is -0.704. The van der Waals surface area contributed by atoms with Crippen LogP contribution in [0.5, 0.6) is 0 Å². The fraction of sp³-hybridized carbons (Fsp3) is 0.533. The van der Waals surface area contributed by atoms with Crippen LogP contribution in [0, 0.1) is 5.92 Å². The zero-order valence-corrected chi connectivity index (χ0v) is 11.1. The van der Waals surface area contributed by atoms with E-state index in [0.29, 0.717) is 19.4 Å². The van der Waals surface area contributed by atoms with Crippen molar-refractivity contribution in [1.29, 1.82) is 0 Å². The van der Waals surface area contributed by atoms with Crippen LogP contribution in [0.4, 0.5) is 4.39 Å². The van der Waals surface area contributed by atoms with Crippen molar-refractivity contribution < 1.29 is 14.3 Å². The second kappa shape index (κ2) is 6.15. The number of halogens is 1. The third-order valence-corrected chi connectivity index (χ3v) is 3.85. The number of carbonyl (C=O) groups is 1. The summed E-state index contributed by atoms with van der Waals surface area (Å²) in [6, 6.07) is 9.55. The Morgan fingerprint density at radius 1 is 1.42 bits per heavy atom. The first-order chi connectivity index (χ1) is 9.15. The molecule has 1 N–H and O–H groups in total. The van der Waals surface area contributed by atoms with E-state index in [-0.39, 0.29) is 18.6 Å². The van der Waals surface area contributed by atoms with Crippen LogP contribution in [0.25, 0.3) is 0 Å². The molecule has 0 aromatic heterocycles. The van der Waals surface area contributed by atoms with Crippen molar-refractivity contribution in [3.8, 4) is 0 Å². The Morgan fingerprint density at radius 2 is 2.11 bits per heavy atom. The number of carbonyl (C=O) groups excluding carboxylic acids is 1. The molecule has 1 unspecified atom stereocenters. The van der Waals surface area contributed by atoms with Gasteiger partial charge in [-0.3, -0.25) is 4.79 Å². The summed E-state index contributed by atoms with van der Waals surface area (Å²) >= 11 is 0. The maximum Gasteiger partial charge on any atom is 0.257 e. The number of aliphatic hydroxyl groups is 1. The summed E-state index contributed by atoms with van der Waals surface area (Å²) < 4.78 is 14.0. The average molecular weight is 265 g/mol. The zero-order chi connectivity index (χ0) is 13.8. The molecule has 1 aliphatic rings. The standard InChI is InChI=1S/C15H20FNO2/c1-11(12-6-3-2-4-7-12)17-10-13(8-5-9-18)14(16)15(17)19/h2-4,6-7,11,13-14,18H,5,8-10H2,1H3/t11-,13+,14?/m1/s1. The molecule has 0 spiro atoms. The highest BCUT2D eigenvalue weighted by molar-refractivity contribution is 5.83. The molecule has 0 aliphatic carbocycles. The number of alkyl halides is 1. The minimum absolute atomic E-state index is 0.0473. The Labute approximate surface area is 113 Å². The van der Waals surface area contributed by atoms with Gasteiger partial charge >= 0.3 is 0 Å². The van der Waals surface area contributed by atoms with Crippen LogP contribution in [0.1, 0.15) is 31.4 Å². The third kappa shape index (κ3) is 2.95. The zero-order valence-electron chi connectivity index (χ0n) is 11.1. The smallest absolute Gasteiger partial charge is 0.257 e. The number of amides is 1. The van der Waals surface area contributed by atoms with Crippen molar-refractivity contribution in [3.05, 3.63) is 35.9 Å². The summed E-state index contributed by atoms with van der Waals surface area (Å²) in [5, 5.41) is 8.81. The van der Waals surface area contributed by atoms with Crippen molar-refractivity contribution >= 4 is 5.91 Å². The summed E-state index contributed by atoms with van der Waals surface area (Å²) in [5.41, 5.74) is 1.02. The van der Waals surface area contributed by atoms with Gasteiger partial charge in [-0.2, -0.15) is 0 Å². The summed E-state index contributed by atoms with van der Waals surface area (Å²) in [4.78, 5) is 13.6. The molecule has 3 nitrogen and oxygen atoms in total. The fourth-order valence-corrected chi connectivity index (χ4v) is 2.65. The highest BCUT2D eigenvalue weighted by atomic mass is 19.1. The molecule has 0 radical (unpaired) electrons. The van der Waals surface area contributed by atoms with Gasteiger partial charge in [0.2, 0.25) is 0 Å². The third-order valence-electron chi connectivity index (χ3n) is 3.85. The average Bonchev–Trinajstić information content (AvgIpc) is 2.73. The molecule has 0 bridgehead atoms. The molecule has 1 aromatic carbocycles. The molecular weight excluding hydrogens is 245 g/mol. The second-order valence-corrected chi connectivity index (χ2v) is 5.10. The lowest BCUT2D eigenvalue weighted by atomic mass is 10.0.